The highest BCUT2D eigenvalue weighted by Crippen LogP contribution is 2.42. The molecule has 1 nitrogen and oxygen atoms in total. The molecule has 0 aromatic rings. The molecule has 0 heterocycles. The van der Waals surface area contributed by atoms with Crippen molar-refractivity contribution in [2.45, 2.75) is 77.2 Å². The average molecular weight is 223 g/mol. The van der Waals surface area contributed by atoms with Crippen molar-refractivity contribution in [1.82, 2.24) is 0 Å². The van der Waals surface area contributed by atoms with Crippen LogP contribution in [-0.2, 0) is 0 Å². The van der Waals surface area contributed by atoms with Crippen LogP contribution in [0.4, 0.5) is 0 Å². The van der Waals surface area contributed by atoms with Gasteiger partial charge in [-0.1, -0.05) is 39.5 Å². The second kappa shape index (κ2) is 5.08. The van der Waals surface area contributed by atoms with E-state index in [9.17, 15) is 0 Å². The van der Waals surface area contributed by atoms with Gasteiger partial charge in [0, 0.05) is 5.54 Å². The van der Waals surface area contributed by atoms with E-state index < -0.39 is 0 Å². The molecule has 2 atom stereocenters. The zero-order valence-corrected chi connectivity index (χ0v) is 11.2. The lowest BCUT2D eigenvalue weighted by atomic mass is 9.66. The fraction of sp³-hybridized carbons (Fsp3) is 1.00. The molecule has 2 unspecified atom stereocenters. The normalized spacial score (nSPS) is 40.3. The highest BCUT2D eigenvalue weighted by molar-refractivity contribution is 4.95. The number of hydrogen-bond donors (Lipinski definition) is 1. The first kappa shape index (κ1) is 12.4. The third-order valence-corrected chi connectivity index (χ3v) is 5.03. The number of rotatable bonds is 1. The van der Waals surface area contributed by atoms with E-state index in [-0.39, 0.29) is 5.54 Å². The van der Waals surface area contributed by atoms with Gasteiger partial charge in [0.2, 0.25) is 0 Å². The zero-order chi connectivity index (χ0) is 11.6. The molecule has 2 fully saturated rings. The molecule has 2 aliphatic carbocycles. The minimum atomic E-state index is 0.194. The Morgan fingerprint density at radius 3 is 1.81 bits per heavy atom. The molecule has 0 aromatic heterocycles. The second-order valence-corrected chi connectivity index (χ2v) is 6.76. The Hall–Kier alpha value is -0.0400. The summed E-state index contributed by atoms with van der Waals surface area (Å²) in [4.78, 5) is 0. The SMILES string of the molecule is CC1CC(C)CC(C2(N)CCCCCC2)C1. The summed E-state index contributed by atoms with van der Waals surface area (Å²) < 4.78 is 0. The Kier molecular flexibility index (Phi) is 3.94. The third kappa shape index (κ3) is 2.80. The van der Waals surface area contributed by atoms with Gasteiger partial charge in [0.15, 0.2) is 0 Å². The van der Waals surface area contributed by atoms with Gasteiger partial charge in [-0.3, -0.25) is 0 Å². The van der Waals surface area contributed by atoms with Crippen LogP contribution in [-0.4, -0.2) is 5.54 Å². The van der Waals surface area contributed by atoms with Crippen LogP contribution in [0.25, 0.3) is 0 Å². The molecule has 94 valence electrons. The maximum Gasteiger partial charge on any atom is 0.0183 e. The Morgan fingerprint density at radius 1 is 0.812 bits per heavy atom. The highest BCUT2D eigenvalue weighted by atomic mass is 14.8. The van der Waals surface area contributed by atoms with Crippen LogP contribution < -0.4 is 5.73 Å². The van der Waals surface area contributed by atoms with Gasteiger partial charge in [0.1, 0.15) is 0 Å². The fourth-order valence-electron chi connectivity index (χ4n) is 4.21. The van der Waals surface area contributed by atoms with Crippen LogP contribution in [0.15, 0.2) is 0 Å². The first-order chi connectivity index (χ1) is 7.60. The first-order valence-corrected chi connectivity index (χ1v) is 7.39. The molecule has 2 aliphatic rings. The molecule has 0 radical (unpaired) electrons. The van der Waals surface area contributed by atoms with Crippen molar-refractivity contribution >= 4 is 0 Å². The van der Waals surface area contributed by atoms with Crippen molar-refractivity contribution in [3.63, 3.8) is 0 Å². The second-order valence-electron chi connectivity index (χ2n) is 6.76. The molecule has 0 aliphatic heterocycles. The summed E-state index contributed by atoms with van der Waals surface area (Å²) in [6, 6.07) is 0. The van der Waals surface area contributed by atoms with Gasteiger partial charge in [-0.25, -0.2) is 0 Å². The van der Waals surface area contributed by atoms with Crippen LogP contribution >= 0.6 is 0 Å². The van der Waals surface area contributed by atoms with Crippen LogP contribution in [0.3, 0.4) is 0 Å². The van der Waals surface area contributed by atoms with Crippen molar-refractivity contribution in [2.24, 2.45) is 23.5 Å². The van der Waals surface area contributed by atoms with Gasteiger partial charge in [-0.15, -0.1) is 0 Å². The lowest BCUT2D eigenvalue weighted by Crippen LogP contribution is -2.49. The van der Waals surface area contributed by atoms with Gasteiger partial charge in [0.25, 0.3) is 0 Å². The van der Waals surface area contributed by atoms with Crippen molar-refractivity contribution in [3.05, 3.63) is 0 Å². The van der Waals surface area contributed by atoms with E-state index in [1.54, 1.807) is 0 Å². The van der Waals surface area contributed by atoms with Gasteiger partial charge >= 0.3 is 0 Å². The van der Waals surface area contributed by atoms with Gasteiger partial charge < -0.3 is 5.73 Å². The highest BCUT2D eigenvalue weighted by Gasteiger charge is 2.38. The minimum Gasteiger partial charge on any atom is -0.325 e. The average Bonchev–Trinajstić information content (AvgIpc) is 2.43. The van der Waals surface area contributed by atoms with Gasteiger partial charge in [-0.2, -0.15) is 0 Å². The molecule has 16 heavy (non-hydrogen) atoms. The predicted octanol–water partition coefficient (Wildman–Crippen LogP) is 4.11. The standard InChI is InChI=1S/C15H29N/c1-12-9-13(2)11-14(10-12)15(16)7-5-3-4-6-8-15/h12-14H,3-11,16H2,1-2H3. The maximum atomic E-state index is 6.76. The van der Waals surface area contributed by atoms with E-state index >= 15 is 0 Å². The van der Waals surface area contributed by atoms with E-state index in [0.29, 0.717) is 0 Å². The number of hydrogen-bond acceptors (Lipinski definition) is 1. The molecule has 0 amide bonds. The quantitative estimate of drug-likeness (QED) is 0.665. The Bertz CT molecular complexity index is 205. The maximum absolute atomic E-state index is 6.76. The molecule has 0 aromatic carbocycles. The smallest absolute Gasteiger partial charge is 0.0183 e. The summed E-state index contributed by atoms with van der Waals surface area (Å²) in [7, 11) is 0. The van der Waals surface area contributed by atoms with Crippen molar-refractivity contribution < 1.29 is 0 Å². The molecule has 0 saturated heterocycles. The lowest BCUT2D eigenvalue weighted by molar-refractivity contribution is 0.122. The largest absolute Gasteiger partial charge is 0.325 e. The molecule has 2 N–H and O–H groups in total. The van der Waals surface area contributed by atoms with Crippen LogP contribution in [0.1, 0.15) is 71.6 Å². The molecule has 1 heteroatoms. The molecule has 0 bridgehead atoms. The van der Waals surface area contributed by atoms with E-state index in [1.807, 2.05) is 0 Å². The summed E-state index contributed by atoms with van der Waals surface area (Å²) in [5, 5.41) is 0. The number of nitrogens with two attached hydrogens (primary N) is 1. The Morgan fingerprint density at radius 2 is 1.31 bits per heavy atom. The van der Waals surface area contributed by atoms with Crippen molar-refractivity contribution in [2.75, 3.05) is 0 Å². The zero-order valence-electron chi connectivity index (χ0n) is 11.2. The van der Waals surface area contributed by atoms with Gasteiger partial charge in [-0.05, 0) is 49.9 Å². The molecule has 2 saturated carbocycles. The van der Waals surface area contributed by atoms with Crippen molar-refractivity contribution in [3.8, 4) is 0 Å². The summed E-state index contributed by atoms with van der Waals surface area (Å²) in [5.41, 5.74) is 6.95. The van der Waals surface area contributed by atoms with Gasteiger partial charge in [0.05, 0.1) is 0 Å². The molecule has 2 rings (SSSR count). The molecule has 0 spiro atoms. The summed E-state index contributed by atoms with van der Waals surface area (Å²) >= 11 is 0. The lowest BCUT2D eigenvalue weighted by Gasteiger charge is -2.43. The Balaban J connectivity index is 2.02. The van der Waals surface area contributed by atoms with Crippen LogP contribution in [0.2, 0.25) is 0 Å². The van der Waals surface area contributed by atoms with Crippen molar-refractivity contribution in [1.29, 1.82) is 0 Å². The first-order valence-electron chi connectivity index (χ1n) is 7.39. The molecular weight excluding hydrogens is 194 g/mol. The monoisotopic (exact) mass is 223 g/mol. The van der Waals surface area contributed by atoms with Crippen LogP contribution in [0.5, 0.6) is 0 Å². The van der Waals surface area contributed by atoms with E-state index in [1.165, 1.54) is 57.8 Å². The summed E-state index contributed by atoms with van der Waals surface area (Å²) in [5.74, 6) is 2.61. The predicted molar refractivity (Wildman–Crippen MR) is 70.3 cm³/mol. The third-order valence-electron chi connectivity index (χ3n) is 5.03. The summed E-state index contributed by atoms with van der Waals surface area (Å²) in [6.45, 7) is 4.84. The minimum absolute atomic E-state index is 0.194. The van der Waals surface area contributed by atoms with Crippen LogP contribution in [0, 0.1) is 17.8 Å². The topological polar surface area (TPSA) is 26.0 Å². The van der Waals surface area contributed by atoms with E-state index in [4.69, 9.17) is 5.73 Å². The van der Waals surface area contributed by atoms with E-state index in [0.717, 1.165) is 17.8 Å². The fourth-order valence-corrected chi connectivity index (χ4v) is 4.21. The summed E-state index contributed by atoms with van der Waals surface area (Å²) in [6.07, 6.45) is 12.3. The Labute approximate surface area is 101 Å². The van der Waals surface area contributed by atoms with E-state index in [2.05, 4.69) is 13.8 Å². The molecular formula is C15H29N.